The molecule has 0 atom stereocenters. The van der Waals surface area contributed by atoms with Crippen molar-refractivity contribution in [1.29, 1.82) is 0 Å². The van der Waals surface area contributed by atoms with E-state index in [0.717, 1.165) is 0 Å². The van der Waals surface area contributed by atoms with Gasteiger partial charge in [0, 0.05) is 32.4 Å². The van der Waals surface area contributed by atoms with E-state index in [0.29, 0.717) is 37.6 Å². The number of anilines is 1. The summed E-state index contributed by atoms with van der Waals surface area (Å²) < 4.78 is 32.4. The Morgan fingerprint density at radius 3 is 2.48 bits per heavy atom. The highest BCUT2D eigenvalue weighted by Crippen LogP contribution is 2.20. The maximum Gasteiger partial charge on any atom is 0.410 e. The normalized spacial score (nSPS) is 15.9. The van der Waals surface area contributed by atoms with Crippen LogP contribution in [0.2, 0.25) is 0 Å². The summed E-state index contributed by atoms with van der Waals surface area (Å²) in [6.07, 6.45) is 1.52. The molecular formula is C16H21F2N5O2. The summed E-state index contributed by atoms with van der Waals surface area (Å²) in [5.74, 6) is 0.662. The lowest BCUT2D eigenvalue weighted by atomic mass is 10.2. The maximum absolute atomic E-state index is 12.7. The minimum Gasteiger partial charge on any atom is -0.444 e. The highest BCUT2D eigenvalue weighted by atomic mass is 19.3. The van der Waals surface area contributed by atoms with Crippen LogP contribution in [0.3, 0.4) is 0 Å². The Hall–Kier alpha value is -2.45. The zero-order valence-corrected chi connectivity index (χ0v) is 14.4. The molecule has 9 heteroatoms. The van der Waals surface area contributed by atoms with E-state index >= 15 is 0 Å². The van der Waals surface area contributed by atoms with Crippen molar-refractivity contribution in [2.75, 3.05) is 31.1 Å². The number of amides is 1. The van der Waals surface area contributed by atoms with Gasteiger partial charge in [0.05, 0.1) is 12.4 Å². The van der Waals surface area contributed by atoms with E-state index in [4.69, 9.17) is 4.74 Å². The van der Waals surface area contributed by atoms with Gasteiger partial charge in [0.2, 0.25) is 0 Å². The molecule has 0 saturated carbocycles. The zero-order chi connectivity index (χ0) is 18.2. The molecule has 0 aliphatic carbocycles. The van der Waals surface area contributed by atoms with Crippen LogP contribution >= 0.6 is 0 Å². The minimum absolute atomic E-state index is 0.270. The van der Waals surface area contributed by atoms with Gasteiger partial charge in [0.1, 0.15) is 17.1 Å². The fourth-order valence-corrected chi connectivity index (χ4v) is 2.62. The summed E-state index contributed by atoms with van der Waals surface area (Å²) in [5.41, 5.74) is -0.412. The van der Waals surface area contributed by atoms with Crippen molar-refractivity contribution >= 4 is 17.6 Å². The topological polar surface area (TPSA) is 63.0 Å². The molecule has 1 saturated heterocycles. The number of imidazole rings is 1. The van der Waals surface area contributed by atoms with Crippen LogP contribution in [0.4, 0.5) is 19.4 Å². The number of carbonyl (C=O) groups is 1. The molecule has 7 nitrogen and oxygen atoms in total. The Kier molecular flexibility index (Phi) is 4.49. The van der Waals surface area contributed by atoms with Crippen molar-refractivity contribution in [3.05, 3.63) is 24.3 Å². The van der Waals surface area contributed by atoms with E-state index in [2.05, 4.69) is 9.97 Å². The highest BCUT2D eigenvalue weighted by Gasteiger charge is 2.26. The second-order valence-electron chi connectivity index (χ2n) is 6.93. The lowest BCUT2D eigenvalue weighted by molar-refractivity contribution is 0.0240. The van der Waals surface area contributed by atoms with E-state index < -0.39 is 12.0 Å². The molecule has 25 heavy (non-hydrogen) atoms. The van der Waals surface area contributed by atoms with Gasteiger partial charge < -0.3 is 18.9 Å². The van der Waals surface area contributed by atoms with Crippen molar-refractivity contribution in [3.8, 4) is 0 Å². The molecule has 0 radical (unpaired) electrons. The highest BCUT2D eigenvalue weighted by molar-refractivity contribution is 5.68. The van der Waals surface area contributed by atoms with Crippen LogP contribution in [0.25, 0.3) is 5.65 Å². The van der Waals surface area contributed by atoms with E-state index in [-0.39, 0.29) is 11.8 Å². The number of alkyl halides is 2. The van der Waals surface area contributed by atoms with Gasteiger partial charge in [-0.25, -0.2) is 23.5 Å². The second-order valence-corrected chi connectivity index (χ2v) is 6.93. The molecule has 1 fully saturated rings. The lowest BCUT2D eigenvalue weighted by Gasteiger charge is -2.36. The molecule has 0 aromatic carbocycles. The van der Waals surface area contributed by atoms with Gasteiger partial charge in [-0.3, -0.25) is 0 Å². The van der Waals surface area contributed by atoms with Crippen LogP contribution in [0, 0.1) is 0 Å². The predicted molar refractivity (Wildman–Crippen MR) is 88.0 cm³/mol. The quantitative estimate of drug-likeness (QED) is 0.831. The summed E-state index contributed by atoms with van der Waals surface area (Å²) in [7, 11) is 0. The van der Waals surface area contributed by atoms with E-state index in [1.807, 2.05) is 25.7 Å². The number of fused-ring (bicyclic) bond motifs is 1. The van der Waals surface area contributed by atoms with Crippen molar-refractivity contribution in [2.24, 2.45) is 0 Å². The molecule has 0 unspecified atom stereocenters. The molecule has 136 valence electrons. The van der Waals surface area contributed by atoms with Crippen molar-refractivity contribution in [3.63, 3.8) is 0 Å². The third-order valence-electron chi connectivity index (χ3n) is 3.83. The Balaban J connectivity index is 1.66. The third-order valence-corrected chi connectivity index (χ3v) is 3.83. The molecule has 0 bridgehead atoms. The number of carbonyl (C=O) groups excluding carboxylic acids is 1. The van der Waals surface area contributed by atoms with E-state index in [9.17, 15) is 13.6 Å². The first-order valence-electron chi connectivity index (χ1n) is 8.08. The van der Waals surface area contributed by atoms with Crippen LogP contribution in [-0.2, 0) is 4.74 Å². The molecule has 2 aromatic heterocycles. The van der Waals surface area contributed by atoms with Gasteiger partial charge >= 0.3 is 6.09 Å². The molecule has 2 aromatic rings. The fraction of sp³-hybridized carbons (Fsp3) is 0.562. The molecule has 1 aliphatic heterocycles. The number of nitrogens with zero attached hydrogens (tertiary/aromatic N) is 5. The van der Waals surface area contributed by atoms with Crippen LogP contribution in [-0.4, -0.2) is 57.1 Å². The van der Waals surface area contributed by atoms with Gasteiger partial charge in [-0.15, -0.1) is 0 Å². The molecule has 1 amide bonds. The third kappa shape index (κ3) is 3.97. The Morgan fingerprint density at radius 1 is 1.20 bits per heavy atom. The molecular weight excluding hydrogens is 332 g/mol. The van der Waals surface area contributed by atoms with Crippen LogP contribution in [0.15, 0.2) is 18.6 Å². The lowest BCUT2D eigenvalue weighted by Crippen LogP contribution is -2.50. The summed E-state index contributed by atoms with van der Waals surface area (Å²) in [6.45, 7) is 7.71. The first-order valence-corrected chi connectivity index (χ1v) is 8.08. The molecule has 0 spiro atoms. The number of hydrogen-bond acceptors (Lipinski definition) is 5. The maximum atomic E-state index is 12.7. The summed E-state index contributed by atoms with van der Waals surface area (Å²) in [6, 6.07) is 0. The number of aromatic nitrogens is 3. The number of piperazine rings is 1. The van der Waals surface area contributed by atoms with Crippen molar-refractivity contribution in [2.45, 2.75) is 32.8 Å². The van der Waals surface area contributed by atoms with Crippen molar-refractivity contribution in [1.82, 2.24) is 19.3 Å². The van der Waals surface area contributed by atoms with Gasteiger partial charge in [-0.1, -0.05) is 0 Å². The van der Waals surface area contributed by atoms with Crippen molar-refractivity contribution < 1.29 is 18.3 Å². The van der Waals surface area contributed by atoms with Crippen LogP contribution in [0.1, 0.15) is 32.9 Å². The van der Waals surface area contributed by atoms with Gasteiger partial charge in [-0.2, -0.15) is 0 Å². The Morgan fingerprint density at radius 2 is 1.88 bits per heavy atom. The SMILES string of the molecule is CC(C)(C)OC(=O)N1CCN(c2cn3cc(C(F)F)nc3cn2)CC1. The zero-order valence-electron chi connectivity index (χ0n) is 14.4. The number of ether oxygens (including phenoxy) is 1. The summed E-state index contributed by atoms with van der Waals surface area (Å²) in [5, 5.41) is 0. The Labute approximate surface area is 144 Å². The second kappa shape index (κ2) is 6.45. The first-order chi connectivity index (χ1) is 11.7. The van der Waals surface area contributed by atoms with Gasteiger partial charge in [0.25, 0.3) is 6.43 Å². The predicted octanol–water partition coefficient (Wildman–Crippen LogP) is 2.72. The first kappa shape index (κ1) is 17.4. The van der Waals surface area contributed by atoms with E-state index in [1.54, 1.807) is 15.5 Å². The molecule has 1 aliphatic rings. The fourth-order valence-electron chi connectivity index (χ4n) is 2.62. The number of hydrogen-bond donors (Lipinski definition) is 0. The van der Waals surface area contributed by atoms with Gasteiger partial charge in [0.15, 0.2) is 5.65 Å². The minimum atomic E-state index is -2.61. The van der Waals surface area contributed by atoms with Crippen LogP contribution < -0.4 is 4.90 Å². The number of rotatable bonds is 2. The van der Waals surface area contributed by atoms with Gasteiger partial charge in [-0.05, 0) is 20.8 Å². The average Bonchev–Trinajstić information content (AvgIpc) is 2.97. The summed E-state index contributed by atoms with van der Waals surface area (Å²) in [4.78, 5) is 23.9. The molecule has 3 heterocycles. The average molecular weight is 353 g/mol. The summed E-state index contributed by atoms with van der Waals surface area (Å²) >= 11 is 0. The Bertz CT molecular complexity index is 763. The van der Waals surface area contributed by atoms with Crippen LogP contribution in [0.5, 0.6) is 0 Å². The molecule has 3 rings (SSSR count). The van der Waals surface area contributed by atoms with E-state index in [1.165, 1.54) is 12.4 Å². The largest absolute Gasteiger partial charge is 0.444 e. The standard InChI is InChI=1S/C16H21F2N5O2/c1-16(2,3)25-15(24)22-6-4-21(5-7-22)13-10-23-9-11(14(17)18)20-12(23)8-19-13/h8-10,14H,4-7H2,1-3H3. The molecule has 0 N–H and O–H groups in total. The smallest absolute Gasteiger partial charge is 0.410 e. The monoisotopic (exact) mass is 353 g/mol. The number of halogens is 2.